The summed E-state index contributed by atoms with van der Waals surface area (Å²) < 4.78 is 36.1. The van der Waals surface area contributed by atoms with Crippen LogP contribution in [0.1, 0.15) is 0 Å². The van der Waals surface area contributed by atoms with Gasteiger partial charge in [0.25, 0.3) is 0 Å². The molecule has 20 heavy (non-hydrogen) atoms. The van der Waals surface area contributed by atoms with Crippen molar-refractivity contribution < 1.29 is 18.3 Å². The van der Waals surface area contributed by atoms with Gasteiger partial charge in [-0.25, -0.2) is 0 Å². The maximum absolute atomic E-state index is 12.0. The Bertz CT molecular complexity index is 446. The van der Waals surface area contributed by atoms with Gasteiger partial charge in [0, 0.05) is 26.7 Å². The molecule has 0 unspecified atom stereocenters. The third-order valence-corrected chi connectivity index (χ3v) is 2.61. The molecule has 0 spiro atoms. The number of aliphatic hydroxyl groups is 1. The summed E-state index contributed by atoms with van der Waals surface area (Å²) in [7, 11) is 1.62. The second-order valence-corrected chi connectivity index (χ2v) is 4.33. The lowest BCUT2D eigenvalue weighted by Gasteiger charge is -2.18. The summed E-state index contributed by atoms with van der Waals surface area (Å²) in [5.41, 5.74) is 5.45. The van der Waals surface area contributed by atoms with Crippen LogP contribution in [0.2, 0.25) is 5.15 Å². The number of likely N-dealkylation sites (N-methyl/N-ethyl adjacent to an activating group) is 1. The predicted octanol–water partition coefficient (Wildman–Crippen LogP) is 0.0562. The molecule has 1 aromatic heterocycles. The molecule has 0 saturated carbocycles. The van der Waals surface area contributed by atoms with Gasteiger partial charge in [0.1, 0.15) is 0 Å². The molecule has 0 saturated heterocycles. The average Bonchev–Trinajstić information content (AvgIpc) is 2.36. The lowest BCUT2D eigenvalue weighted by Crippen LogP contribution is -2.40. The fourth-order valence-electron chi connectivity index (χ4n) is 1.18. The van der Waals surface area contributed by atoms with E-state index in [2.05, 4.69) is 20.5 Å². The molecule has 0 aromatic carbocycles. The summed E-state index contributed by atoms with van der Waals surface area (Å²) in [4.78, 5) is 5.40. The van der Waals surface area contributed by atoms with Crippen LogP contribution in [-0.4, -0.2) is 59.3 Å². The Morgan fingerprint density at radius 1 is 1.45 bits per heavy atom. The molecule has 0 aliphatic carbocycles. The minimum Gasteiger partial charge on any atom is -0.382 e. The summed E-state index contributed by atoms with van der Waals surface area (Å²) >= 11 is 5.56. The summed E-state index contributed by atoms with van der Waals surface area (Å²) in [5, 5.41) is 18.5. The van der Waals surface area contributed by atoms with Gasteiger partial charge in [0.2, 0.25) is 5.95 Å². The quantitative estimate of drug-likeness (QED) is 0.638. The minimum absolute atomic E-state index is 0.0176. The first-order chi connectivity index (χ1) is 9.21. The monoisotopic (exact) mass is 314 g/mol. The van der Waals surface area contributed by atoms with Gasteiger partial charge in [-0.1, -0.05) is 11.6 Å². The van der Waals surface area contributed by atoms with Crippen LogP contribution in [0, 0.1) is 0 Å². The number of nitrogens with two attached hydrogens (primary N) is 1. The SMILES string of the molecule is CN(CCNC[C@H](O)C(F)(F)F)c1nnc(Cl)c(N)n1. The number of nitrogens with zero attached hydrogens (tertiary/aromatic N) is 4. The first kappa shape index (κ1) is 16.7. The highest BCUT2D eigenvalue weighted by atomic mass is 35.5. The van der Waals surface area contributed by atoms with Crippen molar-refractivity contribution in [3.05, 3.63) is 5.15 Å². The van der Waals surface area contributed by atoms with Gasteiger partial charge in [-0.05, 0) is 0 Å². The van der Waals surface area contributed by atoms with E-state index in [1.165, 1.54) is 4.90 Å². The highest BCUT2D eigenvalue weighted by Crippen LogP contribution is 2.19. The van der Waals surface area contributed by atoms with Crippen molar-refractivity contribution in [2.75, 3.05) is 37.3 Å². The van der Waals surface area contributed by atoms with E-state index in [-0.39, 0.29) is 23.5 Å². The van der Waals surface area contributed by atoms with E-state index in [4.69, 9.17) is 22.4 Å². The van der Waals surface area contributed by atoms with Gasteiger partial charge in [0.05, 0.1) is 0 Å². The van der Waals surface area contributed by atoms with E-state index >= 15 is 0 Å². The zero-order valence-corrected chi connectivity index (χ0v) is 11.3. The number of halogens is 4. The van der Waals surface area contributed by atoms with Crippen molar-refractivity contribution in [1.29, 1.82) is 0 Å². The van der Waals surface area contributed by atoms with Crippen molar-refractivity contribution in [3.8, 4) is 0 Å². The molecule has 0 radical (unpaired) electrons. The molecule has 4 N–H and O–H groups in total. The number of rotatable bonds is 6. The Hall–Kier alpha value is -1.39. The maximum atomic E-state index is 12.0. The summed E-state index contributed by atoms with van der Waals surface area (Å²) in [6.45, 7) is -0.0952. The van der Waals surface area contributed by atoms with Crippen LogP contribution in [-0.2, 0) is 0 Å². The Labute approximate surface area is 117 Å². The average molecular weight is 315 g/mol. The molecule has 0 amide bonds. The number of alkyl halides is 3. The van der Waals surface area contributed by atoms with Crippen LogP contribution >= 0.6 is 11.6 Å². The number of hydrogen-bond acceptors (Lipinski definition) is 7. The predicted molar refractivity (Wildman–Crippen MR) is 67.5 cm³/mol. The number of anilines is 2. The Kier molecular flexibility index (Phi) is 5.72. The normalized spacial score (nSPS) is 13.3. The number of nitrogens with one attached hydrogen (secondary N) is 1. The lowest BCUT2D eigenvalue weighted by molar-refractivity contribution is -0.201. The Morgan fingerprint density at radius 2 is 2.10 bits per heavy atom. The van der Waals surface area contributed by atoms with Gasteiger partial charge in [0.15, 0.2) is 17.1 Å². The molecule has 0 fully saturated rings. The van der Waals surface area contributed by atoms with Gasteiger partial charge in [-0.2, -0.15) is 18.2 Å². The Balaban J connectivity index is 2.37. The first-order valence-corrected chi connectivity index (χ1v) is 5.92. The highest BCUT2D eigenvalue weighted by molar-refractivity contribution is 6.31. The van der Waals surface area contributed by atoms with E-state index < -0.39 is 18.8 Å². The van der Waals surface area contributed by atoms with Gasteiger partial charge < -0.3 is 21.1 Å². The van der Waals surface area contributed by atoms with E-state index in [0.717, 1.165) is 0 Å². The number of nitrogen functional groups attached to an aromatic ring is 1. The molecule has 1 heterocycles. The number of aromatic nitrogens is 3. The molecule has 11 heteroatoms. The van der Waals surface area contributed by atoms with Crippen LogP contribution in [0.3, 0.4) is 0 Å². The lowest BCUT2D eigenvalue weighted by atomic mass is 10.3. The summed E-state index contributed by atoms with van der Waals surface area (Å²) in [5.74, 6) is 0.217. The van der Waals surface area contributed by atoms with Gasteiger partial charge in [-0.3, -0.25) is 0 Å². The Morgan fingerprint density at radius 3 is 2.65 bits per heavy atom. The molecule has 114 valence electrons. The number of aliphatic hydroxyl groups excluding tert-OH is 1. The van der Waals surface area contributed by atoms with Crippen LogP contribution in [0.15, 0.2) is 0 Å². The van der Waals surface area contributed by atoms with Crippen molar-refractivity contribution >= 4 is 23.4 Å². The van der Waals surface area contributed by atoms with E-state index in [1.54, 1.807) is 7.05 Å². The minimum atomic E-state index is -4.63. The summed E-state index contributed by atoms with van der Waals surface area (Å²) in [6.07, 6.45) is -7.02. The van der Waals surface area contributed by atoms with Crippen LogP contribution in [0.25, 0.3) is 0 Å². The summed E-state index contributed by atoms with van der Waals surface area (Å²) in [6, 6.07) is 0. The molecule has 0 aliphatic rings. The van der Waals surface area contributed by atoms with Crippen LogP contribution in [0.5, 0.6) is 0 Å². The van der Waals surface area contributed by atoms with Crippen molar-refractivity contribution in [3.63, 3.8) is 0 Å². The van der Waals surface area contributed by atoms with Crippen LogP contribution < -0.4 is 16.0 Å². The number of hydrogen-bond donors (Lipinski definition) is 3. The van der Waals surface area contributed by atoms with Gasteiger partial charge in [-0.15, -0.1) is 10.2 Å². The van der Waals surface area contributed by atoms with E-state index in [1.807, 2.05) is 0 Å². The third-order valence-electron chi connectivity index (χ3n) is 2.34. The smallest absolute Gasteiger partial charge is 0.382 e. The molecule has 0 bridgehead atoms. The van der Waals surface area contributed by atoms with E-state index in [0.29, 0.717) is 6.54 Å². The van der Waals surface area contributed by atoms with Crippen molar-refractivity contribution in [1.82, 2.24) is 20.5 Å². The fraction of sp³-hybridized carbons (Fsp3) is 0.667. The maximum Gasteiger partial charge on any atom is 0.415 e. The molecule has 0 aliphatic heterocycles. The van der Waals surface area contributed by atoms with Gasteiger partial charge >= 0.3 is 6.18 Å². The van der Waals surface area contributed by atoms with Crippen molar-refractivity contribution in [2.45, 2.75) is 12.3 Å². The molecule has 1 rings (SSSR count). The molecule has 1 aromatic rings. The zero-order chi connectivity index (χ0) is 15.3. The molecule has 7 nitrogen and oxygen atoms in total. The zero-order valence-electron chi connectivity index (χ0n) is 10.5. The standard InChI is InChI=1S/C9H14ClF3N6O/c1-19(8-16-7(14)6(10)17-18-8)3-2-15-4-5(20)9(11,12)13/h5,15,20H,2-4H2,1H3,(H2,14,16,18)/t5-/m0/s1. The van der Waals surface area contributed by atoms with E-state index in [9.17, 15) is 13.2 Å². The second kappa shape index (κ2) is 6.86. The van der Waals surface area contributed by atoms with Crippen LogP contribution in [0.4, 0.5) is 24.9 Å². The topological polar surface area (TPSA) is 100 Å². The molecule has 1 atom stereocenters. The van der Waals surface area contributed by atoms with Crippen molar-refractivity contribution in [2.24, 2.45) is 0 Å². The highest BCUT2D eigenvalue weighted by Gasteiger charge is 2.37. The largest absolute Gasteiger partial charge is 0.415 e. The molecular formula is C9H14ClF3N6O. The molecular weight excluding hydrogens is 301 g/mol. The third kappa shape index (κ3) is 4.94. The fourth-order valence-corrected chi connectivity index (χ4v) is 1.26. The second-order valence-electron chi connectivity index (χ2n) is 3.97. The first-order valence-electron chi connectivity index (χ1n) is 5.54.